The van der Waals surface area contributed by atoms with Gasteiger partial charge in [0.05, 0.1) is 22.5 Å². The number of fused-ring (bicyclic) bond motifs is 1. The Kier molecular flexibility index (Phi) is 2.59. The summed E-state index contributed by atoms with van der Waals surface area (Å²) in [5.74, 6) is -1.02. The molecule has 0 radical (unpaired) electrons. The molecular formula is C13H11ClN2O2. The van der Waals surface area contributed by atoms with E-state index in [1.165, 1.54) is 17.3 Å². The van der Waals surface area contributed by atoms with Gasteiger partial charge < -0.3 is 5.11 Å². The van der Waals surface area contributed by atoms with Gasteiger partial charge in [0.15, 0.2) is 0 Å². The fourth-order valence-corrected chi connectivity index (χ4v) is 2.62. The Morgan fingerprint density at radius 1 is 1.39 bits per heavy atom. The summed E-state index contributed by atoms with van der Waals surface area (Å²) in [6.07, 6.45) is 5.10. The molecule has 18 heavy (non-hydrogen) atoms. The Bertz CT molecular complexity index is 634. The number of benzene rings is 1. The topological polar surface area (TPSA) is 55.1 Å². The number of aromatic nitrogens is 2. The van der Waals surface area contributed by atoms with Crippen LogP contribution in [0.1, 0.15) is 28.0 Å². The van der Waals surface area contributed by atoms with Crippen molar-refractivity contribution in [3.63, 3.8) is 0 Å². The van der Waals surface area contributed by atoms with Crippen LogP contribution in [0, 0.1) is 0 Å². The first-order chi connectivity index (χ1) is 8.66. The molecular weight excluding hydrogens is 252 g/mol. The van der Waals surface area contributed by atoms with Gasteiger partial charge in [-0.15, -0.1) is 0 Å². The molecule has 1 N–H and O–H groups in total. The molecule has 0 amide bonds. The summed E-state index contributed by atoms with van der Waals surface area (Å²) in [7, 11) is 0. The number of aryl methyl sites for hydroxylation is 1. The van der Waals surface area contributed by atoms with Crippen LogP contribution < -0.4 is 0 Å². The standard InChI is InChI=1S/C13H11ClN2O2/c14-11-6-9(4-5-10(11)13(17)18)16-12-3-1-2-8(12)7-15-16/h4-7H,1-3H2,(H,17,18). The van der Waals surface area contributed by atoms with Crippen molar-refractivity contribution in [2.75, 3.05) is 0 Å². The number of carboxylic acid groups (broad SMARTS) is 1. The molecule has 2 aromatic rings. The van der Waals surface area contributed by atoms with Gasteiger partial charge >= 0.3 is 5.97 Å². The van der Waals surface area contributed by atoms with Crippen molar-refractivity contribution in [3.05, 3.63) is 46.2 Å². The van der Waals surface area contributed by atoms with Gasteiger partial charge in [-0.3, -0.25) is 0 Å². The summed E-state index contributed by atoms with van der Waals surface area (Å²) in [5.41, 5.74) is 3.40. The summed E-state index contributed by atoms with van der Waals surface area (Å²) >= 11 is 5.97. The van der Waals surface area contributed by atoms with Gasteiger partial charge in [-0.05, 0) is 43.0 Å². The molecule has 1 heterocycles. The van der Waals surface area contributed by atoms with E-state index in [2.05, 4.69) is 5.10 Å². The van der Waals surface area contributed by atoms with Crippen molar-refractivity contribution in [3.8, 4) is 5.69 Å². The third-order valence-electron chi connectivity index (χ3n) is 3.24. The van der Waals surface area contributed by atoms with Crippen molar-refractivity contribution in [1.82, 2.24) is 9.78 Å². The van der Waals surface area contributed by atoms with E-state index in [0.29, 0.717) is 0 Å². The van der Waals surface area contributed by atoms with Crippen molar-refractivity contribution < 1.29 is 9.90 Å². The third kappa shape index (κ3) is 1.69. The lowest BCUT2D eigenvalue weighted by atomic mass is 10.2. The lowest BCUT2D eigenvalue weighted by Gasteiger charge is -2.07. The molecule has 4 nitrogen and oxygen atoms in total. The van der Waals surface area contributed by atoms with Crippen LogP contribution in [0.15, 0.2) is 24.4 Å². The van der Waals surface area contributed by atoms with Crippen LogP contribution in [0.5, 0.6) is 0 Å². The van der Waals surface area contributed by atoms with Crippen molar-refractivity contribution >= 4 is 17.6 Å². The highest BCUT2D eigenvalue weighted by Crippen LogP contribution is 2.26. The molecule has 0 aliphatic heterocycles. The van der Waals surface area contributed by atoms with Gasteiger partial charge in [0, 0.05) is 5.69 Å². The fourth-order valence-electron chi connectivity index (χ4n) is 2.36. The molecule has 92 valence electrons. The summed E-state index contributed by atoms with van der Waals surface area (Å²) in [6, 6.07) is 4.90. The Labute approximate surface area is 109 Å². The first kappa shape index (κ1) is 11.3. The monoisotopic (exact) mass is 262 g/mol. The largest absolute Gasteiger partial charge is 0.478 e. The second-order valence-electron chi connectivity index (χ2n) is 4.35. The fraction of sp³-hybridized carbons (Fsp3) is 0.231. The van der Waals surface area contributed by atoms with Gasteiger partial charge in [0.1, 0.15) is 0 Å². The van der Waals surface area contributed by atoms with Gasteiger partial charge in [-0.2, -0.15) is 5.10 Å². The molecule has 0 saturated heterocycles. The Balaban J connectivity index is 2.07. The number of carbonyl (C=O) groups is 1. The van der Waals surface area contributed by atoms with E-state index in [0.717, 1.165) is 24.9 Å². The van der Waals surface area contributed by atoms with Crippen molar-refractivity contribution in [2.45, 2.75) is 19.3 Å². The minimum atomic E-state index is -1.02. The summed E-state index contributed by atoms with van der Waals surface area (Å²) in [5, 5.41) is 13.5. The molecule has 0 atom stereocenters. The zero-order chi connectivity index (χ0) is 12.7. The van der Waals surface area contributed by atoms with Gasteiger partial charge in [-0.1, -0.05) is 11.6 Å². The van der Waals surface area contributed by atoms with Crippen LogP contribution in [0.25, 0.3) is 5.69 Å². The van der Waals surface area contributed by atoms with E-state index in [9.17, 15) is 4.79 Å². The van der Waals surface area contributed by atoms with E-state index >= 15 is 0 Å². The Morgan fingerprint density at radius 2 is 2.22 bits per heavy atom. The SMILES string of the molecule is O=C(O)c1ccc(-n2ncc3c2CCC3)cc1Cl. The first-order valence-electron chi connectivity index (χ1n) is 5.76. The maximum atomic E-state index is 10.9. The van der Waals surface area contributed by atoms with Gasteiger partial charge in [0.2, 0.25) is 0 Å². The number of hydrogen-bond donors (Lipinski definition) is 1. The summed E-state index contributed by atoms with van der Waals surface area (Å²) in [6.45, 7) is 0. The molecule has 5 heteroatoms. The number of halogens is 1. The highest BCUT2D eigenvalue weighted by Gasteiger charge is 2.18. The number of rotatable bonds is 2. The quantitative estimate of drug-likeness (QED) is 0.905. The maximum Gasteiger partial charge on any atom is 0.337 e. The van der Waals surface area contributed by atoms with E-state index in [4.69, 9.17) is 16.7 Å². The molecule has 1 aliphatic rings. The number of nitrogens with zero attached hydrogens (tertiary/aromatic N) is 2. The van der Waals surface area contributed by atoms with E-state index in [-0.39, 0.29) is 10.6 Å². The molecule has 0 fully saturated rings. The highest BCUT2D eigenvalue weighted by molar-refractivity contribution is 6.33. The zero-order valence-corrected chi connectivity index (χ0v) is 10.3. The van der Waals surface area contributed by atoms with Crippen LogP contribution >= 0.6 is 11.6 Å². The molecule has 0 spiro atoms. The Hall–Kier alpha value is -1.81. The predicted molar refractivity (Wildman–Crippen MR) is 67.6 cm³/mol. The van der Waals surface area contributed by atoms with Crippen molar-refractivity contribution in [2.24, 2.45) is 0 Å². The lowest BCUT2D eigenvalue weighted by molar-refractivity contribution is 0.0697. The van der Waals surface area contributed by atoms with E-state index < -0.39 is 5.97 Å². The van der Waals surface area contributed by atoms with Crippen LogP contribution in [-0.2, 0) is 12.8 Å². The predicted octanol–water partition coefficient (Wildman–Crippen LogP) is 2.71. The minimum absolute atomic E-state index is 0.115. The second-order valence-corrected chi connectivity index (χ2v) is 4.76. The summed E-state index contributed by atoms with van der Waals surface area (Å²) in [4.78, 5) is 10.9. The molecule has 0 saturated carbocycles. The van der Waals surface area contributed by atoms with Crippen LogP contribution in [0.4, 0.5) is 0 Å². The molecule has 1 aliphatic carbocycles. The van der Waals surface area contributed by atoms with Crippen LogP contribution in [0.2, 0.25) is 5.02 Å². The lowest BCUT2D eigenvalue weighted by Crippen LogP contribution is -2.03. The molecule has 1 aromatic carbocycles. The molecule has 3 rings (SSSR count). The number of carboxylic acids is 1. The molecule has 0 unspecified atom stereocenters. The van der Waals surface area contributed by atoms with Gasteiger partial charge in [0.25, 0.3) is 0 Å². The minimum Gasteiger partial charge on any atom is -0.478 e. The molecule has 0 bridgehead atoms. The van der Waals surface area contributed by atoms with Crippen molar-refractivity contribution in [1.29, 1.82) is 0 Å². The van der Waals surface area contributed by atoms with Crippen LogP contribution in [0.3, 0.4) is 0 Å². The normalized spacial score (nSPS) is 13.6. The first-order valence-corrected chi connectivity index (χ1v) is 6.13. The highest BCUT2D eigenvalue weighted by atomic mass is 35.5. The third-order valence-corrected chi connectivity index (χ3v) is 3.56. The molecule has 1 aromatic heterocycles. The van der Waals surface area contributed by atoms with E-state index in [1.807, 2.05) is 10.9 Å². The summed E-state index contributed by atoms with van der Waals surface area (Å²) < 4.78 is 1.85. The second kappa shape index (κ2) is 4.14. The number of hydrogen-bond acceptors (Lipinski definition) is 2. The van der Waals surface area contributed by atoms with E-state index in [1.54, 1.807) is 12.1 Å². The smallest absolute Gasteiger partial charge is 0.337 e. The zero-order valence-electron chi connectivity index (χ0n) is 9.56. The maximum absolute atomic E-state index is 10.9. The Morgan fingerprint density at radius 3 is 2.94 bits per heavy atom. The van der Waals surface area contributed by atoms with Crippen LogP contribution in [-0.4, -0.2) is 20.9 Å². The average molecular weight is 263 g/mol. The number of aromatic carboxylic acids is 1. The van der Waals surface area contributed by atoms with Gasteiger partial charge in [-0.25, -0.2) is 9.48 Å². The average Bonchev–Trinajstić information content (AvgIpc) is 2.89.